The quantitative estimate of drug-likeness (QED) is 0.592. The van der Waals surface area contributed by atoms with Gasteiger partial charge in [-0.25, -0.2) is 5.43 Å². The molecule has 0 fully saturated rings. The lowest BCUT2D eigenvalue weighted by molar-refractivity contribution is 0.0949. The number of nitrogens with zero attached hydrogens (tertiary/aromatic N) is 2. The van der Waals surface area contributed by atoms with Crippen LogP contribution in [-0.4, -0.2) is 26.9 Å². The number of hydrazone groups is 1. The van der Waals surface area contributed by atoms with Crippen LogP contribution in [0.3, 0.4) is 0 Å². The molecule has 0 radical (unpaired) electrons. The van der Waals surface area contributed by atoms with Crippen LogP contribution in [0.1, 0.15) is 40.7 Å². The van der Waals surface area contributed by atoms with Crippen LogP contribution in [0.5, 0.6) is 5.75 Å². The van der Waals surface area contributed by atoms with Gasteiger partial charge in [0.25, 0.3) is 5.91 Å². The minimum absolute atomic E-state index is 0.165. The highest BCUT2D eigenvalue weighted by Gasteiger charge is 2.22. The molecule has 1 heterocycles. The first-order chi connectivity index (χ1) is 10.1. The maximum absolute atomic E-state index is 12.1. The van der Waals surface area contributed by atoms with Crippen molar-refractivity contribution in [1.82, 2.24) is 15.6 Å². The van der Waals surface area contributed by atoms with E-state index in [1.807, 2.05) is 6.07 Å². The molecule has 0 saturated heterocycles. The minimum atomic E-state index is -0.311. The summed E-state index contributed by atoms with van der Waals surface area (Å²) in [4.78, 5) is 12.1. The Morgan fingerprint density at radius 1 is 1.43 bits per heavy atom. The number of aryl methyl sites for hydroxylation is 1. The number of H-pyrrole nitrogens is 1. The number of benzene rings is 1. The zero-order valence-corrected chi connectivity index (χ0v) is 11.7. The zero-order chi connectivity index (χ0) is 14.8. The fourth-order valence-corrected chi connectivity index (χ4v) is 2.49. The van der Waals surface area contributed by atoms with Gasteiger partial charge in [-0.1, -0.05) is 12.1 Å². The number of aromatic hydroxyl groups is 1. The largest absolute Gasteiger partial charge is 0.508 e. The van der Waals surface area contributed by atoms with Crippen molar-refractivity contribution in [2.24, 2.45) is 5.10 Å². The SMILES string of the molecule is C/C(=N\NC(=O)c1n[nH]c2c1CCC2)c1cccc(O)c1. The van der Waals surface area contributed by atoms with Crippen molar-refractivity contribution >= 4 is 11.6 Å². The number of aromatic amines is 1. The molecule has 3 N–H and O–H groups in total. The molecule has 0 atom stereocenters. The van der Waals surface area contributed by atoms with Gasteiger partial charge < -0.3 is 5.11 Å². The van der Waals surface area contributed by atoms with Crippen molar-refractivity contribution in [2.75, 3.05) is 0 Å². The summed E-state index contributed by atoms with van der Waals surface area (Å²) in [6, 6.07) is 6.72. The van der Waals surface area contributed by atoms with Crippen molar-refractivity contribution in [3.63, 3.8) is 0 Å². The second-order valence-corrected chi connectivity index (χ2v) is 5.07. The molecule has 6 nitrogen and oxygen atoms in total. The average Bonchev–Trinajstić information content (AvgIpc) is 3.07. The Morgan fingerprint density at radius 3 is 3.10 bits per heavy atom. The summed E-state index contributed by atoms with van der Waals surface area (Å²) >= 11 is 0. The monoisotopic (exact) mass is 284 g/mol. The third kappa shape index (κ3) is 2.65. The standard InChI is InChI=1S/C15H16N4O2/c1-9(10-4-2-5-11(20)8-10)16-19-15(21)14-12-6-3-7-13(12)17-18-14/h2,4-5,8,20H,3,6-7H2,1H3,(H,17,18)(H,19,21)/b16-9+. The number of hydrogen-bond acceptors (Lipinski definition) is 4. The number of aromatic nitrogens is 2. The minimum Gasteiger partial charge on any atom is -0.508 e. The lowest BCUT2D eigenvalue weighted by Crippen LogP contribution is -2.21. The van der Waals surface area contributed by atoms with Gasteiger partial charge in [-0.05, 0) is 38.3 Å². The fourth-order valence-electron chi connectivity index (χ4n) is 2.49. The molecule has 0 bridgehead atoms. The maximum Gasteiger partial charge on any atom is 0.292 e. The first-order valence-electron chi connectivity index (χ1n) is 6.85. The molecule has 1 aliphatic rings. The van der Waals surface area contributed by atoms with E-state index in [9.17, 15) is 9.90 Å². The second kappa shape index (κ2) is 5.40. The van der Waals surface area contributed by atoms with E-state index in [0.717, 1.165) is 36.1 Å². The zero-order valence-electron chi connectivity index (χ0n) is 11.7. The molecule has 2 aromatic rings. The first kappa shape index (κ1) is 13.4. The van der Waals surface area contributed by atoms with E-state index < -0.39 is 0 Å². The van der Waals surface area contributed by atoms with Gasteiger partial charge in [0.2, 0.25) is 0 Å². The molecular formula is C15H16N4O2. The van der Waals surface area contributed by atoms with Crippen molar-refractivity contribution < 1.29 is 9.90 Å². The van der Waals surface area contributed by atoms with Crippen LogP contribution in [0.2, 0.25) is 0 Å². The van der Waals surface area contributed by atoms with Gasteiger partial charge in [0.05, 0.1) is 5.71 Å². The summed E-state index contributed by atoms with van der Waals surface area (Å²) < 4.78 is 0. The smallest absolute Gasteiger partial charge is 0.292 e. The number of carbonyl (C=O) groups excluding carboxylic acids is 1. The molecule has 1 aromatic heterocycles. The van der Waals surface area contributed by atoms with Gasteiger partial charge in [-0.3, -0.25) is 9.89 Å². The van der Waals surface area contributed by atoms with Gasteiger partial charge in [-0.2, -0.15) is 10.2 Å². The van der Waals surface area contributed by atoms with Gasteiger partial charge in [0.1, 0.15) is 5.75 Å². The predicted octanol–water partition coefficient (Wildman–Crippen LogP) is 1.76. The number of carbonyl (C=O) groups is 1. The molecule has 0 unspecified atom stereocenters. The molecule has 1 amide bonds. The number of fused-ring (bicyclic) bond motifs is 1. The van der Waals surface area contributed by atoms with Crippen LogP contribution in [0.15, 0.2) is 29.4 Å². The maximum atomic E-state index is 12.1. The molecule has 1 aliphatic carbocycles. The fraction of sp³-hybridized carbons (Fsp3) is 0.267. The van der Waals surface area contributed by atoms with E-state index >= 15 is 0 Å². The lowest BCUT2D eigenvalue weighted by atomic mass is 10.1. The highest BCUT2D eigenvalue weighted by atomic mass is 16.3. The van der Waals surface area contributed by atoms with Gasteiger partial charge in [0, 0.05) is 16.8 Å². The molecule has 0 aliphatic heterocycles. The van der Waals surface area contributed by atoms with Crippen LogP contribution in [0, 0.1) is 0 Å². The number of amides is 1. The van der Waals surface area contributed by atoms with E-state index in [-0.39, 0.29) is 11.7 Å². The second-order valence-electron chi connectivity index (χ2n) is 5.07. The number of nitrogens with one attached hydrogen (secondary N) is 2. The van der Waals surface area contributed by atoms with E-state index in [2.05, 4.69) is 20.7 Å². The summed E-state index contributed by atoms with van der Waals surface area (Å²) in [7, 11) is 0. The van der Waals surface area contributed by atoms with E-state index in [1.54, 1.807) is 25.1 Å². The van der Waals surface area contributed by atoms with Crippen LogP contribution >= 0.6 is 0 Å². The Labute approximate surface area is 121 Å². The van der Waals surface area contributed by atoms with Crippen LogP contribution in [0.4, 0.5) is 0 Å². The van der Waals surface area contributed by atoms with Gasteiger partial charge in [-0.15, -0.1) is 0 Å². The van der Waals surface area contributed by atoms with E-state index in [4.69, 9.17) is 0 Å². The molecule has 3 rings (SSSR count). The Hall–Kier alpha value is -2.63. The Balaban J connectivity index is 1.74. The molecule has 6 heteroatoms. The lowest BCUT2D eigenvalue weighted by Gasteiger charge is -2.03. The summed E-state index contributed by atoms with van der Waals surface area (Å²) in [5.74, 6) is -0.146. The first-order valence-corrected chi connectivity index (χ1v) is 6.85. The highest BCUT2D eigenvalue weighted by molar-refractivity contribution is 6.01. The summed E-state index contributed by atoms with van der Waals surface area (Å²) in [5.41, 5.74) is 6.36. The summed E-state index contributed by atoms with van der Waals surface area (Å²) in [6.45, 7) is 1.77. The molecule has 21 heavy (non-hydrogen) atoms. The third-order valence-corrected chi connectivity index (χ3v) is 3.61. The summed E-state index contributed by atoms with van der Waals surface area (Å²) in [5, 5.41) is 20.5. The normalized spacial score (nSPS) is 14.0. The van der Waals surface area contributed by atoms with Crippen molar-refractivity contribution in [3.8, 4) is 5.75 Å². The molecule has 108 valence electrons. The molecule has 0 spiro atoms. The van der Waals surface area contributed by atoms with Crippen molar-refractivity contribution in [2.45, 2.75) is 26.2 Å². The Kier molecular flexibility index (Phi) is 3.43. The third-order valence-electron chi connectivity index (χ3n) is 3.61. The number of phenolic OH excluding ortho intramolecular Hbond substituents is 1. The average molecular weight is 284 g/mol. The molecule has 0 saturated carbocycles. The van der Waals surface area contributed by atoms with Crippen LogP contribution < -0.4 is 5.43 Å². The number of phenols is 1. The molecular weight excluding hydrogens is 268 g/mol. The van der Waals surface area contributed by atoms with E-state index in [1.165, 1.54) is 0 Å². The topological polar surface area (TPSA) is 90.4 Å². The van der Waals surface area contributed by atoms with Crippen molar-refractivity contribution in [3.05, 3.63) is 46.8 Å². The highest BCUT2D eigenvalue weighted by Crippen LogP contribution is 2.22. The predicted molar refractivity (Wildman–Crippen MR) is 78.4 cm³/mol. The molecule has 1 aromatic carbocycles. The number of rotatable bonds is 3. The van der Waals surface area contributed by atoms with Crippen LogP contribution in [0.25, 0.3) is 0 Å². The van der Waals surface area contributed by atoms with Crippen LogP contribution in [-0.2, 0) is 12.8 Å². The number of hydrogen-bond donors (Lipinski definition) is 3. The van der Waals surface area contributed by atoms with Gasteiger partial charge >= 0.3 is 0 Å². The Bertz CT molecular complexity index is 718. The van der Waals surface area contributed by atoms with Crippen molar-refractivity contribution in [1.29, 1.82) is 0 Å². The van der Waals surface area contributed by atoms with E-state index in [0.29, 0.717) is 11.4 Å². The Morgan fingerprint density at radius 2 is 2.29 bits per heavy atom. The van der Waals surface area contributed by atoms with Gasteiger partial charge in [0.15, 0.2) is 5.69 Å². The summed E-state index contributed by atoms with van der Waals surface area (Å²) in [6.07, 6.45) is 2.88.